The van der Waals surface area contributed by atoms with E-state index in [1.54, 1.807) is 13.3 Å². The highest BCUT2D eigenvalue weighted by atomic mass is 16.5. The van der Waals surface area contributed by atoms with Crippen LogP contribution in [0.25, 0.3) is 0 Å². The van der Waals surface area contributed by atoms with Gasteiger partial charge in [-0.05, 0) is 31.0 Å². The number of aromatic nitrogens is 2. The van der Waals surface area contributed by atoms with Gasteiger partial charge in [-0.2, -0.15) is 4.98 Å². The molecule has 1 aromatic carbocycles. The van der Waals surface area contributed by atoms with Crippen LogP contribution in [-0.4, -0.2) is 66.5 Å². The third kappa shape index (κ3) is 4.40. The van der Waals surface area contributed by atoms with E-state index in [9.17, 15) is 0 Å². The van der Waals surface area contributed by atoms with Crippen molar-refractivity contribution < 1.29 is 9.47 Å². The van der Waals surface area contributed by atoms with Crippen molar-refractivity contribution in [1.29, 1.82) is 0 Å². The summed E-state index contributed by atoms with van der Waals surface area (Å²) in [5.74, 6) is 2.70. The Kier molecular flexibility index (Phi) is 5.26. The molecular formula is C19H26N6O2. The molecule has 0 unspecified atom stereocenters. The van der Waals surface area contributed by atoms with Crippen LogP contribution >= 0.6 is 0 Å². The first-order chi connectivity index (χ1) is 13.2. The SMILES string of the molecule is CNc1ccnc(Nc2ccc(OC)c(OCN3CCN(C4CC4)C3)c2)n1. The molecule has 8 nitrogen and oxygen atoms in total. The fraction of sp³-hybridized carbons (Fsp3) is 0.474. The molecular weight excluding hydrogens is 344 g/mol. The van der Waals surface area contributed by atoms with E-state index in [1.165, 1.54) is 12.8 Å². The molecule has 1 aliphatic carbocycles. The number of hydrogen-bond donors (Lipinski definition) is 2. The van der Waals surface area contributed by atoms with Gasteiger partial charge in [0.15, 0.2) is 11.5 Å². The zero-order chi connectivity index (χ0) is 18.6. The van der Waals surface area contributed by atoms with Crippen molar-refractivity contribution in [2.24, 2.45) is 0 Å². The maximum atomic E-state index is 6.06. The third-order valence-electron chi connectivity index (χ3n) is 4.88. The van der Waals surface area contributed by atoms with Gasteiger partial charge in [0.05, 0.1) is 13.8 Å². The zero-order valence-electron chi connectivity index (χ0n) is 15.8. The highest BCUT2D eigenvalue weighted by molar-refractivity contribution is 5.60. The molecule has 2 heterocycles. The number of rotatable bonds is 8. The molecule has 1 saturated carbocycles. The summed E-state index contributed by atoms with van der Waals surface area (Å²) in [6.07, 6.45) is 4.39. The van der Waals surface area contributed by atoms with Gasteiger partial charge in [-0.25, -0.2) is 4.98 Å². The summed E-state index contributed by atoms with van der Waals surface area (Å²) in [4.78, 5) is 13.5. The van der Waals surface area contributed by atoms with Gasteiger partial charge < -0.3 is 20.1 Å². The van der Waals surface area contributed by atoms with E-state index in [4.69, 9.17) is 9.47 Å². The van der Waals surface area contributed by atoms with Crippen LogP contribution in [0.1, 0.15) is 12.8 Å². The molecule has 2 fully saturated rings. The topological polar surface area (TPSA) is 74.8 Å². The Morgan fingerprint density at radius 1 is 1.19 bits per heavy atom. The fourth-order valence-electron chi connectivity index (χ4n) is 3.23. The van der Waals surface area contributed by atoms with E-state index in [-0.39, 0.29) is 0 Å². The predicted octanol–water partition coefficient (Wildman–Crippen LogP) is 2.34. The smallest absolute Gasteiger partial charge is 0.229 e. The number of benzene rings is 1. The lowest BCUT2D eigenvalue weighted by Gasteiger charge is -2.19. The molecule has 2 aromatic rings. The van der Waals surface area contributed by atoms with Gasteiger partial charge in [0.1, 0.15) is 12.5 Å². The van der Waals surface area contributed by atoms with Gasteiger partial charge >= 0.3 is 0 Å². The lowest BCUT2D eigenvalue weighted by atomic mass is 10.3. The quantitative estimate of drug-likeness (QED) is 0.733. The minimum absolute atomic E-state index is 0.526. The minimum Gasteiger partial charge on any atom is -0.493 e. The van der Waals surface area contributed by atoms with Crippen molar-refractivity contribution >= 4 is 17.5 Å². The van der Waals surface area contributed by atoms with Crippen LogP contribution in [-0.2, 0) is 0 Å². The predicted molar refractivity (Wildman–Crippen MR) is 105 cm³/mol. The first-order valence-electron chi connectivity index (χ1n) is 9.30. The first-order valence-corrected chi connectivity index (χ1v) is 9.30. The summed E-state index contributed by atoms with van der Waals surface area (Å²) in [6.45, 7) is 3.71. The molecule has 4 rings (SSSR count). The molecule has 0 atom stereocenters. The standard InChI is InChI=1S/C19H26N6O2/c1-20-18-7-8-21-19(23-18)22-14-3-6-16(26-2)17(11-14)27-13-24-9-10-25(12-24)15-4-5-15/h3,6-8,11,15H,4-5,9-10,12-13H2,1-2H3,(H2,20,21,22,23). The molecule has 0 amide bonds. The van der Waals surface area contributed by atoms with Gasteiger partial charge in [0.2, 0.25) is 5.95 Å². The molecule has 0 spiro atoms. The second-order valence-electron chi connectivity index (χ2n) is 6.86. The van der Waals surface area contributed by atoms with Crippen molar-refractivity contribution in [2.75, 3.05) is 51.3 Å². The van der Waals surface area contributed by atoms with E-state index >= 15 is 0 Å². The molecule has 1 saturated heterocycles. The van der Waals surface area contributed by atoms with Gasteiger partial charge in [-0.1, -0.05) is 0 Å². The van der Waals surface area contributed by atoms with Crippen molar-refractivity contribution in [3.05, 3.63) is 30.5 Å². The van der Waals surface area contributed by atoms with E-state index < -0.39 is 0 Å². The number of nitrogens with one attached hydrogen (secondary N) is 2. The summed E-state index contributed by atoms with van der Waals surface area (Å²) in [5.41, 5.74) is 0.847. The molecule has 8 heteroatoms. The van der Waals surface area contributed by atoms with E-state index in [1.807, 2.05) is 31.3 Å². The van der Waals surface area contributed by atoms with Crippen LogP contribution in [0.3, 0.4) is 0 Å². The van der Waals surface area contributed by atoms with Crippen LogP contribution in [0.2, 0.25) is 0 Å². The van der Waals surface area contributed by atoms with Crippen molar-refractivity contribution in [1.82, 2.24) is 19.8 Å². The van der Waals surface area contributed by atoms with Crippen LogP contribution in [0.5, 0.6) is 11.5 Å². The van der Waals surface area contributed by atoms with Crippen LogP contribution in [0.4, 0.5) is 17.5 Å². The van der Waals surface area contributed by atoms with Gasteiger partial charge in [0.25, 0.3) is 0 Å². The summed E-state index contributed by atoms with van der Waals surface area (Å²) < 4.78 is 11.5. The highest BCUT2D eigenvalue weighted by Gasteiger charge is 2.33. The number of ether oxygens (including phenoxy) is 2. The summed E-state index contributed by atoms with van der Waals surface area (Å²) >= 11 is 0. The lowest BCUT2D eigenvalue weighted by Crippen LogP contribution is -2.29. The maximum absolute atomic E-state index is 6.06. The van der Waals surface area contributed by atoms with Crippen LogP contribution in [0.15, 0.2) is 30.5 Å². The molecule has 1 aliphatic heterocycles. The van der Waals surface area contributed by atoms with Crippen LogP contribution < -0.4 is 20.1 Å². The average Bonchev–Trinajstić information content (AvgIpc) is 3.45. The zero-order valence-corrected chi connectivity index (χ0v) is 15.8. The molecule has 0 radical (unpaired) electrons. The fourth-order valence-corrected chi connectivity index (χ4v) is 3.23. The molecule has 0 bridgehead atoms. The largest absolute Gasteiger partial charge is 0.493 e. The number of methoxy groups -OCH3 is 1. The second kappa shape index (κ2) is 7.98. The molecule has 2 aliphatic rings. The lowest BCUT2D eigenvalue weighted by molar-refractivity contribution is 0.124. The number of anilines is 3. The number of nitrogens with zero attached hydrogens (tertiary/aromatic N) is 4. The highest BCUT2D eigenvalue weighted by Crippen LogP contribution is 2.32. The summed E-state index contributed by atoms with van der Waals surface area (Å²) in [5, 5.41) is 6.21. The average molecular weight is 370 g/mol. The maximum Gasteiger partial charge on any atom is 0.229 e. The Morgan fingerprint density at radius 2 is 2.07 bits per heavy atom. The Bertz CT molecular complexity index is 783. The Balaban J connectivity index is 1.41. The van der Waals surface area contributed by atoms with E-state index in [0.717, 1.165) is 37.3 Å². The van der Waals surface area contributed by atoms with E-state index in [0.29, 0.717) is 24.2 Å². The van der Waals surface area contributed by atoms with Crippen molar-refractivity contribution in [3.63, 3.8) is 0 Å². The summed E-state index contributed by atoms with van der Waals surface area (Å²) in [7, 11) is 3.48. The number of hydrogen-bond acceptors (Lipinski definition) is 8. The molecule has 1 aromatic heterocycles. The summed E-state index contributed by atoms with van der Waals surface area (Å²) in [6, 6.07) is 8.34. The Hall–Kier alpha value is -2.58. The third-order valence-corrected chi connectivity index (χ3v) is 4.88. The van der Waals surface area contributed by atoms with Gasteiger partial charge in [-0.3, -0.25) is 9.80 Å². The van der Waals surface area contributed by atoms with Gasteiger partial charge in [-0.15, -0.1) is 0 Å². The Morgan fingerprint density at radius 3 is 2.85 bits per heavy atom. The van der Waals surface area contributed by atoms with E-state index in [2.05, 4.69) is 30.4 Å². The molecule has 144 valence electrons. The molecule has 27 heavy (non-hydrogen) atoms. The van der Waals surface area contributed by atoms with Gasteiger partial charge in [0, 0.05) is 44.1 Å². The van der Waals surface area contributed by atoms with Crippen molar-refractivity contribution in [3.8, 4) is 11.5 Å². The Labute approximate surface area is 159 Å². The molecule has 2 N–H and O–H groups in total. The second-order valence-corrected chi connectivity index (χ2v) is 6.86. The minimum atomic E-state index is 0.526. The van der Waals surface area contributed by atoms with Crippen molar-refractivity contribution in [2.45, 2.75) is 18.9 Å². The monoisotopic (exact) mass is 370 g/mol. The first kappa shape index (κ1) is 17.8. The van der Waals surface area contributed by atoms with Crippen LogP contribution in [0, 0.1) is 0 Å². The normalized spacial score (nSPS) is 17.7.